The minimum atomic E-state index is -0.0369. The Morgan fingerprint density at radius 3 is 2.95 bits per heavy atom. The van der Waals surface area contributed by atoms with Crippen molar-refractivity contribution in [1.29, 1.82) is 0 Å². The van der Waals surface area contributed by atoms with E-state index in [2.05, 4.69) is 9.55 Å². The molecule has 2 aromatic rings. The highest BCUT2D eigenvalue weighted by Crippen LogP contribution is 2.22. The van der Waals surface area contributed by atoms with Gasteiger partial charge in [-0.25, -0.2) is 4.98 Å². The number of aliphatic hydroxyl groups excluding tert-OH is 1. The lowest BCUT2D eigenvalue weighted by atomic mass is 9.96. The number of hydrogen-bond acceptors (Lipinski definition) is 3. The van der Waals surface area contributed by atoms with Gasteiger partial charge in [-0.3, -0.25) is 4.79 Å². The highest BCUT2D eigenvalue weighted by Gasteiger charge is 2.28. The summed E-state index contributed by atoms with van der Waals surface area (Å²) in [6.07, 6.45) is 5.27. The first kappa shape index (κ1) is 14.8. The van der Waals surface area contributed by atoms with Gasteiger partial charge in [0.1, 0.15) is 5.82 Å². The van der Waals surface area contributed by atoms with Crippen LogP contribution in [0.3, 0.4) is 0 Å². The number of carbonyl (C=O) groups excluding carboxylic acids is 1. The molecule has 3 rings (SSSR count). The lowest BCUT2D eigenvalue weighted by Crippen LogP contribution is -2.40. The van der Waals surface area contributed by atoms with Crippen LogP contribution in [0.5, 0.6) is 0 Å². The van der Waals surface area contributed by atoms with Crippen molar-refractivity contribution in [2.45, 2.75) is 25.9 Å². The fourth-order valence-electron chi connectivity index (χ4n) is 3.01. The van der Waals surface area contributed by atoms with Gasteiger partial charge >= 0.3 is 0 Å². The number of imidazole rings is 1. The van der Waals surface area contributed by atoms with E-state index >= 15 is 0 Å². The van der Waals surface area contributed by atoms with Crippen LogP contribution in [-0.4, -0.2) is 38.6 Å². The number of carbonyl (C=O) groups is 1. The maximum Gasteiger partial charge on any atom is 0.226 e. The molecule has 0 spiro atoms. The number of nitrogens with zero attached hydrogens (tertiary/aromatic N) is 3. The number of hydrogen-bond donors (Lipinski definition) is 1. The third-order valence-corrected chi connectivity index (χ3v) is 4.20. The van der Waals surface area contributed by atoms with Crippen molar-refractivity contribution in [1.82, 2.24) is 14.5 Å². The van der Waals surface area contributed by atoms with Crippen LogP contribution in [-0.2, 0) is 24.3 Å². The summed E-state index contributed by atoms with van der Waals surface area (Å²) in [5, 5.41) is 9.28. The molecule has 0 aliphatic carbocycles. The molecule has 1 aliphatic rings. The van der Waals surface area contributed by atoms with E-state index in [0.717, 1.165) is 24.4 Å². The lowest BCUT2D eigenvalue weighted by Gasteiger charge is -2.29. The maximum atomic E-state index is 12.8. The van der Waals surface area contributed by atoms with Gasteiger partial charge in [0.2, 0.25) is 5.91 Å². The number of fused-ring (bicyclic) bond motifs is 1. The molecule has 22 heavy (non-hydrogen) atoms. The zero-order chi connectivity index (χ0) is 15.4. The Balaban J connectivity index is 1.70. The molecule has 1 aliphatic heterocycles. The fourth-order valence-corrected chi connectivity index (χ4v) is 3.01. The van der Waals surface area contributed by atoms with Crippen molar-refractivity contribution in [3.63, 3.8) is 0 Å². The van der Waals surface area contributed by atoms with Crippen LogP contribution < -0.4 is 0 Å². The van der Waals surface area contributed by atoms with E-state index < -0.39 is 0 Å². The summed E-state index contributed by atoms with van der Waals surface area (Å²) >= 11 is 0. The summed E-state index contributed by atoms with van der Waals surface area (Å²) in [6.45, 7) is 1.74. The molecule has 0 saturated carbocycles. The molecule has 0 saturated heterocycles. The molecule has 1 atom stereocenters. The van der Waals surface area contributed by atoms with Crippen molar-refractivity contribution >= 4 is 5.91 Å². The standard InChI is InChI=1S/C17H21N3O2/c21-11-10-20(13-14-4-2-1-3-5-14)17(22)15-6-8-19-9-7-18-16(19)12-15/h1-5,7,9,15,21H,6,8,10-13H2. The number of rotatable bonds is 5. The zero-order valence-corrected chi connectivity index (χ0v) is 12.6. The van der Waals surface area contributed by atoms with Gasteiger partial charge in [0.05, 0.1) is 6.61 Å². The largest absolute Gasteiger partial charge is 0.395 e. The van der Waals surface area contributed by atoms with Crippen LogP contribution in [0.1, 0.15) is 17.8 Å². The van der Waals surface area contributed by atoms with Crippen molar-refractivity contribution < 1.29 is 9.90 Å². The van der Waals surface area contributed by atoms with E-state index in [4.69, 9.17) is 0 Å². The molecular formula is C17H21N3O2. The second-order valence-electron chi connectivity index (χ2n) is 5.70. The number of benzene rings is 1. The van der Waals surface area contributed by atoms with Crippen LogP contribution in [0, 0.1) is 5.92 Å². The molecule has 1 aromatic carbocycles. The molecule has 0 fully saturated rings. The van der Waals surface area contributed by atoms with Gasteiger partial charge in [-0.15, -0.1) is 0 Å². The third kappa shape index (κ3) is 3.20. The van der Waals surface area contributed by atoms with Crippen LogP contribution in [0.15, 0.2) is 42.7 Å². The molecular weight excluding hydrogens is 278 g/mol. The van der Waals surface area contributed by atoms with Gasteiger partial charge in [-0.1, -0.05) is 30.3 Å². The predicted octanol–water partition coefficient (Wildman–Crippen LogP) is 1.47. The number of aromatic nitrogens is 2. The molecule has 1 unspecified atom stereocenters. The van der Waals surface area contributed by atoms with E-state index in [1.54, 1.807) is 11.1 Å². The van der Waals surface area contributed by atoms with Crippen LogP contribution >= 0.6 is 0 Å². The Labute approximate surface area is 130 Å². The summed E-state index contributed by atoms with van der Waals surface area (Å²) in [4.78, 5) is 18.9. The molecule has 5 nitrogen and oxygen atoms in total. The second-order valence-corrected chi connectivity index (χ2v) is 5.70. The Hall–Kier alpha value is -2.14. The van der Waals surface area contributed by atoms with E-state index in [1.807, 2.05) is 36.5 Å². The van der Waals surface area contributed by atoms with Gasteiger partial charge in [-0.05, 0) is 12.0 Å². The topological polar surface area (TPSA) is 58.4 Å². The fraction of sp³-hybridized carbons (Fsp3) is 0.412. The minimum absolute atomic E-state index is 0.0140. The lowest BCUT2D eigenvalue weighted by molar-refractivity contribution is -0.137. The first-order valence-corrected chi connectivity index (χ1v) is 7.71. The SMILES string of the molecule is O=C(C1CCn2ccnc2C1)N(CCO)Cc1ccccc1. The third-order valence-electron chi connectivity index (χ3n) is 4.20. The summed E-state index contributed by atoms with van der Waals surface area (Å²) < 4.78 is 2.11. The molecule has 5 heteroatoms. The Bertz CT molecular complexity index is 624. The Morgan fingerprint density at radius 1 is 1.36 bits per heavy atom. The highest BCUT2D eigenvalue weighted by molar-refractivity contribution is 5.79. The zero-order valence-electron chi connectivity index (χ0n) is 12.6. The minimum Gasteiger partial charge on any atom is -0.395 e. The smallest absolute Gasteiger partial charge is 0.226 e. The first-order chi connectivity index (χ1) is 10.8. The van der Waals surface area contributed by atoms with Crippen molar-refractivity contribution in [3.05, 3.63) is 54.1 Å². The molecule has 1 aromatic heterocycles. The number of aliphatic hydroxyl groups is 1. The molecule has 0 bridgehead atoms. The van der Waals surface area contributed by atoms with E-state index in [-0.39, 0.29) is 18.4 Å². The maximum absolute atomic E-state index is 12.8. The molecule has 2 heterocycles. The monoisotopic (exact) mass is 299 g/mol. The predicted molar refractivity (Wildman–Crippen MR) is 83.0 cm³/mol. The quantitative estimate of drug-likeness (QED) is 0.909. The van der Waals surface area contributed by atoms with Crippen LogP contribution in [0.25, 0.3) is 0 Å². The summed E-state index contributed by atoms with van der Waals surface area (Å²) in [6, 6.07) is 9.90. The van der Waals surface area contributed by atoms with Crippen molar-refractivity contribution in [2.24, 2.45) is 5.92 Å². The van der Waals surface area contributed by atoms with Crippen LogP contribution in [0.4, 0.5) is 0 Å². The van der Waals surface area contributed by atoms with E-state index in [1.165, 1.54) is 0 Å². The second kappa shape index (κ2) is 6.75. The number of amides is 1. The van der Waals surface area contributed by atoms with Crippen LogP contribution in [0.2, 0.25) is 0 Å². The molecule has 116 valence electrons. The molecule has 1 N–H and O–H groups in total. The van der Waals surface area contributed by atoms with Gasteiger partial charge in [0.15, 0.2) is 0 Å². The van der Waals surface area contributed by atoms with Crippen molar-refractivity contribution in [3.8, 4) is 0 Å². The normalized spacial score (nSPS) is 17.0. The number of aryl methyl sites for hydroxylation is 1. The van der Waals surface area contributed by atoms with Crippen molar-refractivity contribution in [2.75, 3.05) is 13.2 Å². The summed E-state index contributed by atoms with van der Waals surface area (Å²) in [7, 11) is 0. The van der Waals surface area contributed by atoms with Gasteiger partial charge in [0, 0.05) is 44.4 Å². The van der Waals surface area contributed by atoms with E-state index in [0.29, 0.717) is 19.5 Å². The summed E-state index contributed by atoms with van der Waals surface area (Å²) in [5.41, 5.74) is 1.08. The van der Waals surface area contributed by atoms with Gasteiger partial charge in [-0.2, -0.15) is 0 Å². The first-order valence-electron chi connectivity index (χ1n) is 7.71. The molecule has 1 amide bonds. The Kier molecular flexibility index (Phi) is 4.53. The van der Waals surface area contributed by atoms with Gasteiger partial charge in [0.25, 0.3) is 0 Å². The van der Waals surface area contributed by atoms with E-state index in [9.17, 15) is 9.90 Å². The molecule has 0 radical (unpaired) electrons. The average molecular weight is 299 g/mol. The highest BCUT2D eigenvalue weighted by atomic mass is 16.3. The Morgan fingerprint density at radius 2 is 2.18 bits per heavy atom. The van der Waals surface area contributed by atoms with Gasteiger partial charge < -0.3 is 14.6 Å². The average Bonchev–Trinajstić information content (AvgIpc) is 3.02. The summed E-state index contributed by atoms with van der Waals surface area (Å²) in [5.74, 6) is 1.06.